The molecule has 12 rings (SSSR count). The molecule has 0 N–H and O–H groups in total. The minimum atomic E-state index is -0.461. The van der Waals surface area contributed by atoms with Gasteiger partial charge in [0.25, 0.3) is 0 Å². The van der Waals surface area contributed by atoms with E-state index in [2.05, 4.69) is 266 Å². The SMILES string of the molecule is c1ccc(C2(c3ccccc3)c3ccccc3-c3c(-c4cccc(N(c5ccc(-c6ccc(-c7cccc8ccccc78)cc6)cc5)c5ccc6ccccc6c5)c4)cccc32)cc1. The molecule has 1 aliphatic carbocycles. The second-order valence-electron chi connectivity index (χ2n) is 16.8. The van der Waals surface area contributed by atoms with Crippen LogP contribution in [0, 0.1) is 0 Å². The first-order valence-corrected chi connectivity index (χ1v) is 22.2. The molecular weight excluding hydrogens is 771 g/mol. The predicted octanol–water partition coefficient (Wildman–Crippen LogP) is 16.8. The van der Waals surface area contributed by atoms with E-state index in [0.717, 1.165) is 17.1 Å². The molecule has 0 saturated heterocycles. The summed E-state index contributed by atoms with van der Waals surface area (Å²) >= 11 is 0. The van der Waals surface area contributed by atoms with Gasteiger partial charge >= 0.3 is 0 Å². The molecule has 0 spiro atoms. The maximum atomic E-state index is 2.40. The van der Waals surface area contributed by atoms with Crippen molar-refractivity contribution in [1.82, 2.24) is 0 Å². The number of benzene rings is 11. The van der Waals surface area contributed by atoms with Crippen LogP contribution in [0.4, 0.5) is 17.1 Å². The highest BCUT2D eigenvalue weighted by atomic mass is 15.1. The van der Waals surface area contributed by atoms with Gasteiger partial charge in [-0.15, -0.1) is 0 Å². The third-order valence-corrected chi connectivity index (χ3v) is 13.3. The summed E-state index contributed by atoms with van der Waals surface area (Å²) in [5.74, 6) is 0. The summed E-state index contributed by atoms with van der Waals surface area (Å²) in [6.45, 7) is 0. The lowest BCUT2D eigenvalue weighted by atomic mass is 9.67. The van der Waals surface area contributed by atoms with Crippen molar-refractivity contribution in [3.8, 4) is 44.5 Å². The highest BCUT2D eigenvalue weighted by Crippen LogP contribution is 2.58. The normalized spacial score (nSPS) is 12.5. The molecule has 0 bridgehead atoms. The van der Waals surface area contributed by atoms with Crippen LogP contribution >= 0.6 is 0 Å². The first-order chi connectivity index (χ1) is 31.7. The van der Waals surface area contributed by atoms with E-state index < -0.39 is 5.41 Å². The van der Waals surface area contributed by atoms with Gasteiger partial charge in [-0.05, 0) is 125 Å². The molecular formula is C63H43N. The number of nitrogens with zero attached hydrogens (tertiary/aromatic N) is 1. The lowest BCUT2D eigenvalue weighted by molar-refractivity contribution is 0.768. The van der Waals surface area contributed by atoms with Crippen molar-refractivity contribution in [3.63, 3.8) is 0 Å². The van der Waals surface area contributed by atoms with E-state index in [1.54, 1.807) is 0 Å². The van der Waals surface area contributed by atoms with Crippen molar-refractivity contribution in [1.29, 1.82) is 0 Å². The van der Waals surface area contributed by atoms with Crippen molar-refractivity contribution < 1.29 is 0 Å². The van der Waals surface area contributed by atoms with Crippen LogP contribution in [0.2, 0.25) is 0 Å². The first-order valence-electron chi connectivity index (χ1n) is 22.2. The van der Waals surface area contributed by atoms with Crippen molar-refractivity contribution >= 4 is 38.6 Å². The van der Waals surface area contributed by atoms with Crippen LogP contribution in [-0.4, -0.2) is 0 Å². The monoisotopic (exact) mass is 813 g/mol. The van der Waals surface area contributed by atoms with E-state index >= 15 is 0 Å². The van der Waals surface area contributed by atoms with Crippen molar-refractivity contribution in [2.24, 2.45) is 0 Å². The maximum absolute atomic E-state index is 2.40. The van der Waals surface area contributed by atoms with Crippen LogP contribution < -0.4 is 4.90 Å². The first kappa shape index (κ1) is 37.5. The molecule has 300 valence electrons. The van der Waals surface area contributed by atoms with Gasteiger partial charge in [0.05, 0.1) is 5.41 Å². The summed E-state index contributed by atoms with van der Waals surface area (Å²) < 4.78 is 0. The molecule has 0 saturated carbocycles. The fourth-order valence-corrected chi connectivity index (χ4v) is 10.4. The van der Waals surface area contributed by atoms with E-state index in [4.69, 9.17) is 0 Å². The molecule has 64 heavy (non-hydrogen) atoms. The zero-order valence-electron chi connectivity index (χ0n) is 35.3. The Hall–Kier alpha value is -8.26. The van der Waals surface area contributed by atoms with E-state index in [-0.39, 0.29) is 0 Å². The number of hydrogen-bond acceptors (Lipinski definition) is 1. The Morgan fingerprint density at radius 2 is 0.781 bits per heavy atom. The van der Waals surface area contributed by atoms with Crippen LogP contribution in [0.15, 0.2) is 261 Å². The van der Waals surface area contributed by atoms with Crippen LogP contribution in [0.3, 0.4) is 0 Å². The quantitative estimate of drug-likeness (QED) is 0.148. The summed E-state index contributed by atoms with van der Waals surface area (Å²) in [5, 5.41) is 4.96. The lowest BCUT2D eigenvalue weighted by Gasteiger charge is -2.34. The molecule has 1 aliphatic rings. The van der Waals surface area contributed by atoms with Crippen LogP contribution in [0.25, 0.3) is 66.1 Å². The molecule has 11 aromatic rings. The molecule has 0 aliphatic heterocycles. The van der Waals surface area contributed by atoms with Crippen LogP contribution in [0.5, 0.6) is 0 Å². The Bertz CT molecular complexity index is 3430. The third kappa shape index (κ3) is 6.16. The number of anilines is 3. The average molecular weight is 814 g/mol. The van der Waals surface area contributed by atoms with E-state index in [1.807, 2.05) is 0 Å². The highest BCUT2D eigenvalue weighted by molar-refractivity contribution is 5.98. The zero-order chi connectivity index (χ0) is 42.5. The third-order valence-electron chi connectivity index (χ3n) is 13.3. The van der Waals surface area contributed by atoms with Crippen molar-refractivity contribution in [2.45, 2.75) is 5.41 Å². The number of hydrogen-bond donors (Lipinski definition) is 0. The van der Waals surface area contributed by atoms with Crippen molar-refractivity contribution in [3.05, 3.63) is 283 Å². The molecule has 11 aromatic carbocycles. The fourth-order valence-electron chi connectivity index (χ4n) is 10.4. The second kappa shape index (κ2) is 15.6. The van der Waals surface area contributed by atoms with Gasteiger partial charge in [0.15, 0.2) is 0 Å². The Morgan fingerprint density at radius 1 is 0.266 bits per heavy atom. The number of fused-ring (bicyclic) bond motifs is 5. The molecule has 1 heteroatoms. The van der Waals surface area contributed by atoms with Gasteiger partial charge in [-0.25, -0.2) is 0 Å². The molecule has 0 unspecified atom stereocenters. The Morgan fingerprint density at radius 3 is 1.55 bits per heavy atom. The molecule has 1 nitrogen and oxygen atoms in total. The summed E-state index contributed by atoms with van der Waals surface area (Å²) in [6.07, 6.45) is 0. The predicted molar refractivity (Wildman–Crippen MR) is 270 cm³/mol. The van der Waals surface area contributed by atoms with Gasteiger partial charge in [0.2, 0.25) is 0 Å². The highest BCUT2D eigenvalue weighted by Gasteiger charge is 2.46. The summed E-state index contributed by atoms with van der Waals surface area (Å²) in [6, 6.07) is 95.7. The molecule has 0 heterocycles. The Labute approximate surface area is 374 Å². The second-order valence-corrected chi connectivity index (χ2v) is 16.8. The topological polar surface area (TPSA) is 3.24 Å². The van der Waals surface area contributed by atoms with Crippen LogP contribution in [0.1, 0.15) is 22.3 Å². The Balaban J connectivity index is 0.973. The lowest BCUT2D eigenvalue weighted by Crippen LogP contribution is -2.28. The largest absolute Gasteiger partial charge is 0.310 e. The van der Waals surface area contributed by atoms with Gasteiger partial charge in [0.1, 0.15) is 0 Å². The molecule has 0 radical (unpaired) electrons. The molecule has 0 aromatic heterocycles. The number of rotatable bonds is 8. The molecule has 0 amide bonds. The van der Waals surface area contributed by atoms with E-state index in [9.17, 15) is 0 Å². The van der Waals surface area contributed by atoms with Gasteiger partial charge in [0, 0.05) is 17.1 Å². The maximum Gasteiger partial charge on any atom is 0.0713 e. The van der Waals surface area contributed by atoms with E-state index in [1.165, 1.54) is 88.3 Å². The summed E-state index contributed by atoms with van der Waals surface area (Å²) in [7, 11) is 0. The van der Waals surface area contributed by atoms with E-state index in [0.29, 0.717) is 0 Å². The zero-order valence-corrected chi connectivity index (χ0v) is 35.3. The standard InChI is InChI=1S/C63H43N/c1-3-21-51(22-4-1)63(52-23-5-2-6-24-52)60-30-12-11-27-59(60)62-58(29-15-31-61(62)63)50-20-13-25-54(43-50)64(55-41-38-44-16-7-8-18-49(44)42-55)53-39-36-46(37-40-53)45-32-34-48(35-33-45)57-28-14-19-47-17-9-10-26-56(47)57/h1-43H. The van der Waals surface area contributed by atoms with Gasteiger partial charge in [-0.3, -0.25) is 0 Å². The summed E-state index contributed by atoms with van der Waals surface area (Å²) in [5.41, 5.74) is 17.8. The smallest absolute Gasteiger partial charge is 0.0713 e. The fraction of sp³-hybridized carbons (Fsp3) is 0.0159. The van der Waals surface area contributed by atoms with Crippen molar-refractivity contribution in [2.75, 3.05) is 4.90 Å². The van der Waals surface area contributed by atoms with Gasteiger partial charge in [-0.1, -0.05) is 224 Å². The van der Waals surface area contributed by atoms with Gasteiger partial charge < -0.3 is 4.90 Å². The Kier molecular flexibility index (Phi) is 9.13. The minimum absolute atomic E-state index is 0.461. The molecule has 0 fully saturated rings. The average Bonchev–Trinajstić information content (AvgIpc) is 3.68. The summed E-state index contributed by atoms with van der Waals surface area (Å²) in [4.78, 5) is 2.40. The van der Waals surface area contributed by atoms with Crippen LogP contribution in [-0.2, 0) is 5.41 Å². The van der Waals surface area contributed by atoms with Gasteiger partial charge in [-0.2, -0.15) is 0 Å². The minimum Gasteiger partial charge on any atom is -0.310 e. The molecule has 0 atom stereocenters.